The highest BCUT2D eigenvalue weighted by molar-refractivity contribution is 5.50. The predicted molar refractivity (Wildman–Crippen MR) is 88.7 cm³/mol. The van der Waals surface area contributed by atoms with Gasteiger partial charge in [0.05, 0.1) is 17.6 Å². The maximum absolute atomic E-state index is 4.81. The Morgan fingerprint density at radius 1 is 1.33 bits per heavy atom. The van der Waals surface area contributed by atoms with Crippen LogP contribution in [0.1, 0.15) is 58.5 Å². The number of rotatable bonds is 6. The number of anilines is 1. The molecule has 0 spiro atoms. The number of nitrogens with zero attached hydrogens (tertiary/aromatic N) is 3. The zero-order chi connectivity index (χ0) is 15.4. The van der Waals surface area contributed by atoms with Gasteiger partial charge in [0, 0.05) is 25.6 Å². The SMILES string of the molecule is CCNCc1nc(C(C)C)ncc1N1CCC(C(C)C)C1. The molecule has 0 saturated carbocycles. The fourth-order valence-electron chi connectivity index (χ4n) is 2.89. The van der Waals surface area contributed by atoms with Crippen molar-refractivity contribution in [2.75, 3.05) is 24.5 Å². The van der Waals surface area contributed by atoms with E-state index in [0.717, 1.165) is 49.5 Å². The number of hydrogen-bond acceptors (Lipinski definition) is 4. The van der Waals surface area contributed by atoms with E-state index in [-0.39, 0.29) is 0 Å². The zero-order valence-corrected chi connectivity index (χ0v) is 14.2. The van der Waals surface area contributed by atoms with Crippen LogP contribution < -0.4 is 10.2 Å². The molecule has 1 aliphatic rings. The second-order valence-corrected chi connectivity index (χ2v) is 6.73. The van der Waals surface area contributed by atoms with Crippen LogP contribution in [0.4, 0.5) is 5.69 Å². The predicted octanol–water partition coefficient (Wildman–Crippen LogP) is 3.19. The molecule has 21 heavy (non-hydrogen) atoms. The Morgan fingerprint density at radius 2 is 2.10 bits per heavy atom. The first kappa shape index (κ1) is 16.2. The van der Waals surface area contributed by atoms with E-state index >= 15 is 0 Å². The summed E-state index contributed by atoms with van der Waals surface area (Å²) in [6, 6.07) is 0. The molecule has 0 amide bonds. The van der Waals surface area contributed by atoms with E-state index in [0.29, 0.717) is 5.92 Å². The van der Waals surface area contributed by atoms with Gasteiger partial charge in [-0.3, -0.25) is 0 Å². The van der Waals surface area contributed by atoms with Crippen LogP contribution in [-0.2, 0) is 6.54 Å². The smallest absolute Gasteiger partial charge is 0.131 e. The van der Waals surface area contributed by atoms with Crippen molar-refractivity contribution in [3.8, 4) is 0 Å². The highest BCUT2D eigenvalue weighted by Crippen LogP contribution is 2.30. The number of nitrogens with one attached hydrogen (secondary N) is 1. The molecule has 2 rings (SSSR count). The molecule has 1 unspecified atom stereocenters. The maximum Gasteiger partial charge on any atom is 0.131 e. The molecule has 4 heteroatoms. The van der Waals surface area contributed by atoms with Gasteiger partial charge in [-0.25, -0.2) is 9.97 Å². The van der Waals surface area contributed by atoms with Crippen LogP contribution in [0, 0.1) is 11.8 Å². The molecular weight excluding hydrogens is 260 g/mol. The molecule has 2 heterocycles. The van der Waals surface area contributed by atoms with Gasteiger partial charge in [-0.2, -0.15) is 0 Å². The minimum Gasteiger partial charge on any atom is -0.368 e. The largest absolute Gasteiger partial charge is 0.368 e. The van der Waals surface area contributed by atoms with Crippen molar-refractivity contribution in [1.29, 1.82) is 0 Å². The summed E-state index contributed by atoms with van der Waals surface area (Å²) in [6.45, 7) is 15.2. The van der Waals surface area contributed by atoms with Crippen LogP contribution in [0.25, 0.3) is 0 Å². The monoisotopic (exact) mass is 290 g/mol. The van der Waals surface area contributed by atoms with E-state index in [9.17, 15) is 0 Å². The van der Waals surface area contributed by atoms with E-state index in [1.54, 1.807) is 0 Å². The second kappa shape index (κ2) is 7.21. The Morgan fingerprint density at radius 3 is 2.67 bits per heavy atom. The fourth-order valence-corrected chi connectivity index (χ4v) is 2.89. The molecule has 0 aliphatic carbocycles. The molecular formula is C17H30N4. The van der Waals surface area contributed by atoms with Gasteiger partial charge in [0.25, 0.3) is 0 Å². The summed E-state index contributed by atoms with van der Waals surface area (Å²) in [7, 11) is 0. The van der Waals surface area contributed by atoms with Gasteiger partial charge in [-0.1, -0.05) is 34.6 Å². The van der Waals surface area contributed by atoms with Gasteiger partial charge in [-0.05, 0) is 24.8 Å². The minimum atomic E-state index is 0.376. The van der Waals surface area contributed by atoms with Crippen LogP contribution in [0.15, 0.2) is 6.20 Å². The minimum absolute atomic E-state index is 0.376. The van der Waals surface area contributed by atoms with Crippen LogP contribution in [0.2, 0.25) is 0 Å². The van der Waals surface area contributed by atoms with Gasteiger partial charge in [0.1, 0.15) is 5.82 Å². The van der Waals surface area contributed by atoms with Crippen molar-refractivity contribution in [2.45, 2.75) is 53.5 Å². The van der Waals surface area contributed by atoms with Gasteiger partial charge >= 0.3 is 0 Å². The van der Waals surface area contributed by atoms with Crippen LogP contribution in [0.3, 0.4) is 0 Å². The number of aromatic nitrogens is 2. The van der Waals surface area contributed by atoms with E-state index in [4.69, 9.17) is 4.98 Å². The number of hydrogen-bond donors (Lipinski definition) is 1. The van der Waals surface area contributed by atoms with Crippen LogP contribution in [-0.4, -0.2) is 29.6 Å². The second-order valence-electron chi connectivity index (χ2n) is 6.73. The first-order valence-electron chi connectivity index (χ1n) is 8.34. The topological polar surface area (TPSA) is 41.1 Å². The Kier molecular flexibility index (Phi) is 5.57. The van der Waals surface area contributed by atoms with E-state index in [1.807, 2.05) is 6.20 Å². The third-order valence-electron chi connectivity index (χ3n) is 4.43. The Hall–Kier alpha value is -1.16. The summed E-state index contributed by atoms with van der Waals surface area (Å²) in [5.74, 6) is 2.87. The normalized spacial score (nSPS) is 19.0. The van der Waals surface area contributed by atoms with Gasteiger partial charge in [0.2, 0.25) is 0 Å². The lowest BCUT2D eigenvalue weighted by molar-refractivity contribution is 0.422. The summed E-state index contributed by atoms with van der Waals surface area (Å²) in [5.41, 5.74) is 2.38. The highest BCUT2D eigenvalue weighted by atomic mass is 15.2. The first-order chi connectivity index (χ1) is 10.0. The Bertz CT molecular complexity index is 456. The third-order valence-corrected chi connectivity index (χ3v) is 4.43. The van der Waals surface area contributed by atoms with E-state index in [2.05, 4.69) is 49.8 Å². The Balaban J connectivity index is 2.21. The zero-order valence-electron chi connectivity index (χ0n) is 14.2. The molecule has 0 bridgehead atoms. The summed E-state index contributed by atoms with van der Waals surface area (Å²) in [5, 5.41) is 3.41. The average Bonchev–Trinajstić information content (AvgIpc) is 2.94. The molecule has 0 radical (unpaired) electrons. The summed E-state index contributed by atoms with van der Waals surface area (Å²) in [4.78, 5) is 11.9. The van der Waals surface area contributed by atoms with Gasteiger partial charge in [0.15, 0.2) is 0 Å². The molecule has 1 atom stereocenters. The van der Waals surface area contributed by atoms with Crippen molar-refractivity contribution in [1.82, 2.24) is 15.3 Å². The van der Waals surface area contributed by atoms with E-state index in [1.165, 1.54) is 12.1 Å². The van der Waals surface area contributed by atoms with Crippen molar-refractivity contribution >= 4 is 5.69 Å². The van der Waals surface area contributed by atoms with Gasteiger partial charge in [-0.15, -0.1) is 0 Å². The van der Waals surface area contributed by atoms with Crippen LogP contribution >= 0.6 is 0 Å². The standard InChI is InChI=1S/C17H30N4/c1-6-18-9-15-16(10-19-17(20-15)13(4)5)21-8-7-14(11-21)12(2)3/h10,12-14,18H,6-9,11H2,1-5H3. The molecule has 4 nitrogen and oxygen atoms in total. The maximum atomic E-state index is 4.81. The molecule has 1 fully saturated rings. The average molecular weight is 290 g/mol. The van der Waals surface area contributed by atoms with E-state index < -0.39 is 0 Å². The summed E-state index contributed by atoms with van der Waals surface area (Å²) >= 11 is 0. The molecule has 0 aromatic carbocycles. The lowest BCUT2D eigenvalue weighted by atomic mass is 9.95. The molecule has 1 N–H and O–H groups in total. The molecule has 1 aliphatic heterocycles. The summed E-state index contributed by atoms with van der Waals surface area (Å²) < 4.78 is 0. The summed E-state index contributed by atoms with van der Waals surface area (Å²) in [6.07, 6.45) is 3.32. The Labute approximate surface area is 129 Å². The third kappa shape index (κ3) is 3.94. The molecule has 1 aromatic heterocycles. The van der Waals surface area contributed by atoms with Crippen molar-refractivity contribution < 1.29 is 0 Å². The quantitative estimate of drug-likeness (QED) is 0.873. The fraction of sp³-hybridized carbons (Fsp3) is 0.765. The van der Waals surface area contributed by atoms with Crippen molar-refractivity contribution in [3.05, 3.63) is 17.7 Å². The first-order valence-corrected chi connectivity index (χ1v) is 8.34. The molecule has 118 valence electrons. The van der Waals surface area contributed by atoms with Crippen LogP contribution in [0.5, 0.6) is 0 Å². The van der Waals surface area contributed by atoms with Crippen molar-refractivity contribution in [3.63, 3.8) is 0 Å². The lowest BCUT2D eigenvalue weighted by Crippen LogP contribution is -2.25. The van der Waals surface area contributed by atoms with Crippen molar-refractivity contribution in [2.24, 2.45) is 11.8 Å². The molecule has 1 aromatic rings. The highest BCUT2D eigenvalue weighted by Gasteiger charge is 2.27. The van der Waals surface area contributed by atoms with Gasteiger partial charge < -0.3 is 10.2 Å². The molecule has 1 saturated heterocycles. The lowest BCUT2D eigenvalue weighted by Gasteiger charge is -2.23.